The summed E-state index contributed by atoms with van der Waals surface area (Å²) in [4.78, 5) is 34.2. The quantitative estimate of drug-likeness (QED) is 0.358. The summed E-state index contributed by atoms with van der Waals surface area (Å²) in [7, 11) is 0. The second-order valence-electron chi connectivity index (χ2n) is 6.07. The van der Waals surface area contributed by atoms with Gasteiger partial charge in [-0.3, -0.25) is 15.1 Å². The molecule has 148 valence electrons. The number of aromatic nitrogens is 3. The Morgan fingerprint density at radius 1 is 1.03 bits per heavy atom. The van der Waals surface area contributed by atoms with Gasteiger partial charge in [-0.25, -0.2) is 9.78 Å². The van der Waals surface area contributed by atoms with E-state index >= 15 is 0 Å². The number of carboxylic acids is 1. The van der Waals surface area contributed by atoms with Crippen molar-refractivity contribution >= 4 is 34.1 Å². The molecule has 0 amide bonds. The molecule has 2 aromatic heterocycles. The average molecular weight is 403 g/mol. The van der Waals surface area contributed by atoms with Crippen molar-refractivity contribution in [3.8, 4) is 11.6 Å². The van der Waals surface area contributed by atoms with Crippen LogP contribution in [0.2, 0.25) is 0 Å². The number of hydrogen-bond donors (Lipinski definition) is 2. The van der Waals surface area contributed by atoms with Gasteiger partial charge in [-0.05, 0) is 36.4 Å². The number of pyridine rings is 1. The molecular weight excluding hydrogens is 390 g/mol. The predicted octanol–water partition coefficient (Wildman–Crippen LogP) is 4.17. The summed E-state index contributed by atoms with van der Waals surface area (Å²) in [6, 6.07) is 14.5. The highest BCUT2D eigenvalue weighted by atomic mass is 16.6. The lowest BCUT2D eigenvalue weighted by Crippen LogP contribution is -2.04. The SMILES string of the molecule is O=C(O)c1ccc(Nc2ncnc(Oc3cccc4cccnc34)c2[N+](=O)[O-])cc1. The van der Waals surface area contributed by atoms with Crippen molar-refractivity contribution in [3.05, 3.63) is 82.8 Å². The van der Waals surface area contributed by atoms with Crippen molar-refractivity contribution in [3.63, 3.8) is 0 Å². The van der Waals surface area contributed by atoms with Crippen LogP contribution < -0.4 is 10.1 Å². The monoisotopic (exact) mass is 403 g/mol. The zero-order valence-corrected chi connectivity index (χ0v) is 15.2. The van der Waals surface area contributed by atoms with E-state index in [0.29, 0.717) is 17.0 Å². The Kier molecular flexibility index (Phi) is 4.87. The molecule has 0 unspecified atom stereocenters. The molecule has 0 saturated heterocycles. The number of nitrogens with zero attached hydrogens (tertiary/aromatic N) is 4. The summed E-state index contributed by atoms with van der Waals surface area (Å²) in [6.07, 6.45) is 2.73. The summed E-state index contributed by atoms with van der Waals surface area (Å²) >= 11 is 0. The lowest BCUT2D eigenvalue weighted by atomic mass is 10.2. The molecule has 0 atom stereocenters. The molecule has 0 bridgehead atoms. The summed E-state index contributed by atoms with van der Waals surface area (Å²) in [5.41, 5.74) is 0.573. The molecule has 0 saturated carbocycles. The molecule has 4 aromatic rings. The van der Waals surface area contributed by atoms with Gasteiger partial charge in [-0.15, -0.1) is 0 Å². The van der Waals surface area contributed by atoms with E-state index in [4.69, 9.17) is 9.84 Å². The third-order valence-electron chi connectivity index (χ3n) is 4.17. The second-order valence-corrected chi connectivity index (χ2v) is 6.07. The normalized spacial score (nSPS) is 10.5. The Morgan fingerprint density at radius 2 is 1.80 bits per heavy atom. The fourth-order valence-electron chi connectivity index (χ4n) is 2.79. The number of carboxylic acid groups (broad SMARTS) is 1. The van der Waals surface area contributed by atoms with Gasteiger partial charge in [0.25, 0.3) is 0 Å². The van der Waals surface area contributed by atoms with Crippen LogP contribution in [0.25, 0.3) is 10.9 Å². The minimum atomic E-state index is -1.08. The van der Waals surface area contributed by atoms with Gasteiger partial charge in [-0.1, -0.05) is 18.2 Å². The Balaban J connectivity index is 1.71. The molecule has 2 heterocycles. The second kappa shape index (κ2) is 7.80. The maximum atomic E-state index is 11.7. The van der Waals surface area contributed by atoms with Gasteiger partial charge < -0.3 is 15.2 Å². The van der Waals surface area contributed by atoms with Crippen molar-refractivity contribution in [1.29, 1.82) is 0 Å². The topological polar surface area (TPSA) is 140 Å². The van der Waals surface area contributed by atoms with Gasteiger partial charge in [0.1, 0.15) is 11.8 Å². The first-order valence-corrected chi connectivity index (χ1v) is 8.64. The largest absolute Gasteiger partial charge is 0.478 e. The first-order valence-electron chi connectivity index (χ1n) is 8.64. The van der Waals surface area contributed by atoms with Crippen LogP contribution in [0.4, 0.5) is 17.2 Å². The Hall–Kier alpha value is -4.60. The standard InChI is InChI=1S/C20H13N5O5/c26-20(27)13-6-8-14(9-7-13)24-18-17(25(28)29)19(23-11-22-18)30-15-5-1-3-12-4-2-10-21-16(12)15/h1-11H,(H,26,27)(H,22,23,24). The van der Waals surface area contributed by atoms with Gasteiger partial charge >= 0.3 is 17.5 Å². The van der Waals surface area contributed by atoms with Crippen LogP contribution in [-0.2, 0) is 0 Å². The summed E-state index contributed by atoms with van der Waals surface area (Å²) in [5, 5.41) is 24.3. The van der Waals surface area contributed by atoms with Crippen LogP contribution in [0.15, 0.2) is 67.1 Å². The molecule has 0 fully saturated rings. The molecule has 0 aliphatic rings. The van der Waals surface area contributed by atoms with E-state index in [9.17, 15) is 14.9 Å². The molecular formula is C20H13N5O5. The van der Waals surface area contributed by atoms with E-state index in [1.165, 1.54) is 24.3 Å². The van der Waals surface area contributed by atoms with Crippen LogP contribution in [0, 0.1) is 10.1 Å². The first-order chi connectivity index (χ1) is 14.5. The molecule has 0 radical (unpaired) electrons. The summed E-state index contributed by atoms with van der Waals surface area (Å²) < 4.78 is 5.74. The smallest absolute Gasteiger partial charge is 0.373 e. The van der Waals surface area contributed by atoms with E-state index in [-0.39, 0.29) is 17.3 Å². The van der Waals surface area contributed by atoms with Crippen molar-refractivity contribution in [1.82, 2.24) is 15.0 Å². The van der Waals surface area contributed by atoms with Crippen molar-refractivity contribution in [2.24, 2.45) is 0 Å². The van der Waals surface area contributed by atoms with Crippen LogP contribution in [0.3, 0.4) is 0 Å². The number of aromatic carboxylic acids is 1. The Labute approximate surface area is 169 Å². The zero-order valence-electron chi connectivity index (χ0n) is 15.2. The molecule has 0 aliphatic heterocycles. The summed E-state index contributed by atoms with van der Waals surface area (Å²) in [5.74, 6) is -1.11. The van der Waals surface area contributed by atoms with Gasteiger partial charge in [0.05, 0.1) is 10.5 Å². The predicted molar refractivity (Wildman–Crippen MR) is 107 cm³/mol. The number of carbonyl (C=O) groups is 1. The average Bonchev–Trinajstić information content (AvgIpc) is 2.74. The van der Waals surface area contributed by atoms with Crippen LogP contribution >= 0.6 is 0 Å². The minimum Gasteiger partial charge on any atom is -0.478 e. The van der Waals surface area contributed by atoms with Gasteiger partial charge in [-0.2, -0.15) is 4.98 Å². The highest BCUT2D eigenvalue weighted by Crippen LogP contribution is 2.37. The Bertz CT molecular complexity index is 1250. The number of ether oxygens (including phenoxy) is 1. The zero-order chi connectivity index (χ0) is 21.1. The number of rotatable bonds is 6. The highest BCUT2D eigenvalue weighted by molar-refractivity contribution is 5.88. The van der Waals surface area contributed by atoms with E-state index < -0.39 is 16.6 Å². The number of fused-ring (bicyclic) bond motifs is 1. The lowest BCUT2D eigenvalue weighted by molar-refractivity contribution is -0.385. The number of para-hydroxylation sites is 1. The number of nitro groups is 1. The van der Waals surface area contributed by atoms with Gasteiger partial charge in [0, 0.05) is 17.3 Å². The fraction of sp³-hybridized carbons (Fsp3) is 0. The van der Waals surface area contributed by atoms with Crippen molar-refractivity contribution in [2.75, 3.05) is 5.32 Å². The molecule has 2 aromatic carbocycles. The van der Waals surface area contributed by atoms with Gasteiger partial charge in [0.15, 0.2) is 5.75 Å². The Morgan fingerprint density at radius 3 is 2.53 bits per heavy atom. The molecule has 2 N–H and O–H groups in total. The highest BCUT2D eigenvalue weighted by Gasteiger charge is 2.26. The van der Waals surface area contributed by atoms with E-state index in [1.54, 1.807) is 24.4 Å². The third kappa shape index (κ3) is 3.69. The third-order valence-corrected chi connectivity index (χ3v) is 4.17. The number of benzene rings is 2. The van der Waals surface area contributed by atoms with Crippen LogP contribution in [0.5, 0.6) is 11.6 Å². The summed E-state index contributed by atoms with van der Waals surface area (Å²) in [6.45, 7) is 0. The van der Waals surface area contributed by atoms with Gasteiger partial charge in [0.2, 0.25) is 5.82 Å². The number of nitrogens with one attached hydrogen (secondary N) is 1. The molecule has 4 rings (SSSR count). The molecule has 0 spiro atoms. The van der Waals surface area contributed by atoms with Crippen LogP contribution in [0.1, 0.15) is 10.4 Å². The molecule has 10 nitrogen and oxygen atoms in total. The molecule has 10 heteroatoms. The van der Waals surface area contributed by atoms with E-state index in [2.05, 4.69) is 20.3 Å². The maximum absolute atomic E-state index is 11.7. The fourth-order valence-corrected chi connectivity index (χ4v) is 2.79. The van der Waals surface area contributed by atoms with Crippen molar-refractivity contribution in [2.45, 2.75) is 0 Å². The van der Waals surface area contributed by atoms with Crippen molar-refractivity contribution < 1.29 is 19.6 Å². The number of hydrogen-bond acceptors (Lipinski definition) is 8. The van der Waals surface area contributed by atoms with E-state index in [0.717, 1.165) is 11.7 Å². The lowest BCUT2D eigenvalue weighted by Gasteiger charge is -2.10. The molecule has 0 aliphatic carbocycles. The van der Waals surface area contributed by atoms with E-state index in [1.807, 2.05) is 12.1 Å². The maximum Gasteiger partial charge on any atom is 0.373 e. The number of anilines is 2. The molecule has 30 heavy (non-hydrogen) atoms. The minimum absolute atomic E-state index is 0.0882. The first kappa shape index (κ1) is 18.7. The van der Waals surface area contributed by atoms with Crippen LogP contribution in [-0.4, -0.2) is 31.0 Å².